The van der Waals surface area contributed by atoms with Gasteiger partial charge in [-0.2, -0.15) is 5.10 Å². The third-order valence-corrected chi connectivity index (χ3v) is 4.27. The van der Waals surface area contributed by atoms with Crippen molar-refractivity contribution in [2.45, 2.75) is 12.8 Å². The molecule has 0 unspecified atom stereocenters. The Labute approximate surface area is 140 Å². The number of aryl methyl sites for hydroxylation is 1. The smallest absolute Gasteiger partial charge is 0.266 e. The summed E-state index contributed by atoms with van der Waals surface area (Å²) < 4.78 is 6.61. The molecule has 1 fully saturated rings. The summed E-state index contributed by atoms with van der Waals surface area (Å²) in [5, 5.41) is 7.22. The summed E-state index contributed by atoms with van der Waals surface area (Å²) in [5.41, 5.74) is 1.90. The van der Waals surface area contributed by atoms with E-state index >= 15 is 0 Å². The van der Waals surface area contributed by atoms with Gasteiger partial charge in [0.2, 0.25) is 0 Å². The molecule has 1 aliphatic heterocycles. The van der Waals surface area contributed by atoms with Gasteiger partial charge in [-0.05, 0) is 37.0 Å². The Bertz CT molecular complexity index is 779. The van der Waals surface area contributed by atoms with E-state index in [1.54, 1.807) is 25.2 Å². The van der Waals surface area contributed by atoms with Crippen LogP contribution in [0.4, 0.5) is 0 Å². The molecule has 1 aromatic heterocycles. The molecule has 1 aromatic carbocycles. The molecule has 0 bridgehead atoms. The fraction of sp³-hybridized carbons (Fsp3) is 0.389. The molecule has 0 spiro atoms. The highest BCUT2D eigenvalue weighted by Crippen LogP contribution is 2.18. The molecule has 0 aliphatic carbocycles. The van der Waals surface area contributed by atoms with Gasteiger partial charge >= 0.3 is 0 Å². The zero-order valence-electron chi connectivity index (χ0n) is 13.7. The van der Waals surface area contributed by atoms with Gasteiger partial charge in [-0.3, -0.25) is 9.59 Å². The molecule has 24 heavy (non-hydrogen) atoms. The van der Waals surface area contributed by atoms with Crippen molar-refractivity contribution in [3.8, 4) is 11.3 Å². The lowest BCUT2D eigenvalue weighted by Gasteiger charge is -2.22. The number of amides is 1. The molecule has 0 radical (unpaired) electrons. The molecule has 126 valence electrons. The van der Waals surface area contributed by atoms with Crippen LogP contribution in [-0.4, -0.2) is 35.4 Å². The van der Waals surface area contributed by atoms with Crippen molar-refractivity contribution >= 4 is 5.91 Å². The number of carbonyl (C=O) groups excluding carboxylic acids is 1. The van der Waals surface area contributed by atoms with E-state index in [0.29, 0.717) is 23.7 Å². The summed E-state index contributed by atoms with van der Waals surface area (Å²) in [6.45, 7) is 2.22. The molecule has 0 atom stereocenters. The first-order valence-corrected chi connectivity index (χ1v) is 8.14. The summed E-state index contributed by atoms with van der Waals surface area (Å²) in [5.74, 6) is 0.393. The molecule has 2 aromatic rings. The van der Waals surface area contributed by atoms with E-state index in [0.717, 1.165) is 31.6 Å². The van der Waals surface area contributed by atoms with Gasteiger partial charge in [-0.1, -0.05) is 12.1 Å². The summed E-state index contributed by atoms with van der Waals surface area (Å²) >= 11 is 0. The van der Waals surface area contributed by atoms with Crippen molar-refractivity contribution in [3.05, 3.63) is 52.3 Å². The van der Waals surface area contributed by atoms with Crippen LogP contribution in [0.2, 0.25) is 0 Å². The maximum absolute atomic E-state index is 12.4. The number of hydrogen-bond donors (Lipinski definition) is 1. The first-order valence-electron chi connectivity index (χ1n) is 8.14. The zero-order chi connectivity index (χ0) is 16.9. The van der Waals surface area contributed by atoms with E-state index in [1.807, 2.05) is 12.1 Å². The Morgan fingerprint density at radius 1 is 1.29 bits per heavy atom. The zero-order valence-corrected chi connectivity index (χ0v) is 13.7. The van der Waals surface area contributed by atoms with E-state index in [2.05, 4.69) is 10.4 Å². The van der Waals surface area contributed by atoms with Crippen LogP contribution < -0.4 is 10.9 Å². The number of nitrogens with zero attached hydrogens (tertiary/aromatic N) is 2. The summed E-state index contributed by atoms with van der Waals surface area (Å²) in [4.78, 5) is 23.8. The lowest BCUT2D eigenvalue weighted by atomic mass is 10.00. The van der Waals surface area contributed by atoms with Crippen LogP contribution in [0.3, 0.4) is 0 Å². The van der Waals surface area contributed by atoms with Gasteiger partial charge in [0.15, 0.2) is 0 Å². The van der Waals surface area contributed by atoms with Crippen LogP contribution in [0.5, 0.6) is 0 Å². The molecule has 0 saturated carbocycles. The Hall–Kier alpha value is -2.47. The van der Waals surface area contributed by atoms with Crippen LogP contribution in [0.25, 0.3) is 11.3 Å². The van der Waals surface area contributed by atoms with E-state index < -0.39 is 0 Å². The number of carbonyl (C=O) groups is 1. The summed E-state index contributed by atoms with van der Waals surface area (Å²) in [6, 6.07) is 10.4. The second-order valence-corrected chi connectivity index (χ2v) is 6.03. The second-order valence-electron chi connectivity index (χ2n) is 6.03. The van der Waals surface area contributed by atoms with E-state index in [4.69, 9.17) is 4.74 Å². The molecule has 1 amide bonds. The Balaban J connectivity index is 1.70. The number of rotatable bonds is 4. The van der Waals surface area contributed by atoms with Gasteiger partial charge in [0.25, 0.3) is 11.5 Å². The van der Waals surface area contributed by atoms with Crippen molar-refractivity contribution < 1.29 is 9.53 Å². The lowest BCUT2D eigenvalue weighted by Crippen LogP contribution is -2.32. The quantitative estimate of drug-likeness (QED) is 0.926. The molecule has 6 nitrogen and oxygen atoms in total. The fourth-order valence-electron chi connectivity index (χ4n) is 2.77. The molecular weight excluding hydrogens is 306 g/mol. The standard InChI is InChI=1S/C18H21N3O3/c1-21-17(22)6-5-16(20-21)14-3-2-4-15(11-14)18(23)19-12-13-7-9-24-10-8-13/h2-6,11,13H,7-10,12H2,1H3,(H,19,23). The topological polar surface area (TPSA) is 73.2 Å². The monoisotopic (exact) mass is 327 g/mol. The highest BCUT2D eigenvalue weighted by Gasteiger charge is 2.15. The third kappa shape index (κ3) is 3.89. The predicted octanol–water partition coefficient (Wildman–Crippen LogP) is 1.60. The molecular formula is C18H21N3O3. The number of benzene rings is 1. The van der Waals surface area contributed by atoms with Crippen molar-refractivity contribution in [1.29, 1.82) is 0 Å². The molecule has 2 heterocycles. The minimum atomic E-state index is -0.163. The summed E-state index contributed by atoms with van der Waals surface area (Å²) in [6.07, 6.45) is 1.98. The summed E-state index contributed by atoms with van der Waals surface area (Å²) in [7, 11) is 1.61. The largest absolute Gasteiger partial charge is 0.381 e. The normalized spacial score (nSPS) is 15.2. The van der Waals surface area contributed by atoms with Crippen molar-refractivity contribution in [2.24, 2.45) is 13.0 Å². The number of hydrogen-bond acceptors (Lipinski definition) is 4. The number of nitrogens with one attached hydrogen (secondary N) is 1. The molecule has 1 saturated heterocycles. The first-order chi connectivity index (χ1) is 11.6. The van der Waals surface area contributed by atoms with Crippen molar-refractivity contribution in [3.63, 3.8) is 0 Å². The van der Waals surface area contributed by atoms with Crippen LogP contribution in [0, 0.1) is 5.92 Å². The van der Waals surface area contributed by atoms with E-state index in [1.165, 1.54) is 10.7 Å². The van der Waals surface area contributed by atoms with Crippen LogP contribution in [0.1, 0.15) is 23.2 Å². The van der Waals surface area contributed by atoms with Crippen molar-refractivity contribution in [1.82, 2.24) is 15.1 Å². The van der Waals surface area contributed by atoms with Crippen LogP contribution in [0.15, 0.2) is 41.2 Å². The predicted molar refractivity (Wildman–Crippen MR) is 90.8 cm³/mol. The molecule has 1 aliphatic rings. The maximum atomic E-state index is 12.4. The first kappa shape index (κ1) is 16.4. The van der Waals surface area contributed by atoms with Gasteiger partial charge in [0.1, 0.15) is 0 Å². The van der Waals surface area contributed by atoms with Gasteiger partial charge in [-0.15, -0.1) is 0 Å². The third-order valence-electron chi connectivity index (χ3n) is 4.27. The maximum Gasteiger partial charge on any atom is 0.266 e. The fourth-order valence-corrected chi connectivity index (χ4v) is 2.77. The average molecular weight is 327 g/mol. The number of ether oxygens (including phenoxy) is 1. The minimum absolute atomic E-state index is 0.0897. The average Bonchev–Trinajstić information content (AvgIpc) is 2.63. The Kier molecular flexibility index (Phi) is 5.05. The minimum Gasteiger partial charge on any atom is -0.381 e. The van der Waals surface area contributed by atoms with Crippen LogP contribution >= 0.6 is 0 Å². The van der Waals surface area contributed by atoms with E-state index in [-0.39, 0.29) is 11.5 Å². The Morgan fingerprint density at radius 3 is 2.83 bits per heavy atom. The Morgan fingerprint density at radius 2 is 2.08 bits per heavy atom. The lowest BCUT2D eigenvalue weighted by molar-refractivity contribution is 0.0642. The molecule has 6 heteroatoms. The number of aromatic nitrogens is 2. The van der Waals surface area contributed by atoms with Crippen molar-refractivity contribution in [2.75, 3.05) is 19.8 Å². The molecule has 1 N–H and O–H groups in total. The highest BCUT2D eigenvalue weighted by atomic mass is 16.5. The van der Waals surface area contributed by atoms with E-state index in [9.17, 15) is 9.59 Å². The molecule has 3 rings (SSSR count). The SMILES string of the molecule is Cn1nc(-c2cccc(C(=O)NCC3CCOCC3)c2)ccc1=O. The second kappa shape index (κ2) is 7.40. The van der Waals surface area contributed by atoms with Gasteiger partial charge < -0.3 is 10.1 Å². The van der Waals surface area contributed by atoms with Gasteiger partial charge in [0, 0.05) is 44.0 Å². The van der Waals surface area contributed by atoms with Crippen LogP contribution in [-0.2, 0) is 11.8 Å². The highest BCUT2D eigenvalue weighted by molar-refractivity contribution is 5.95. The van der Waals surface area contributed by atoms with Gasteiger partial charge in [0.05, 0.1) is 5.69 Å². The van der Waals surface area contributed by atoms with Gasteiger partial charge in [-0.25, -0.2) is 4.68 Å².